The second kappa shape index (κ2) is 27.7. The lowest BCUT2D eigenvalue weighted by Crippen LogP contribution is -2.41. The van der Waals surface area contributed by atoms with E-state index in [9.17, 15) is 42.0 Å². The number of rotatable bonds is 13. The number of carbonyl (C=O) groups is 4. The number of carbonyl (C=O) groups excluding carboxylic acids is 4. The van der Waals surface area contributed by atoms with E-state index in [1.54, 1.807) is 86.8 Å². The van der Waals surface area contributed by atoms with E-state index in [0.717, 1.165) is 11.1 Å². The summed E-state index contributed by atoms with van der Waals surface area (Å²) in [6.07, 6.45) is -1.03. The molecule has 0 spiro atoms. The number of ketones is 1. The van der Waals surface area contributed by atoms with Crippen LogP contribution in [0.2, 0.25) is 0 Å². The second-order valence-electron chi connectivity index (χ2n) is 18.5. The molecule has 2 aliphatic rings. The molecule has 2 aliphatic heterocycles. The standard InChI is InChI=1S/C26H32F2N4O4.C23H28F2N2O5.C2H6.CH3I/c1-26(2,3)36-25(34)32-8-6-16(7-9-32)19-12-20-17(11-22(19)35-15-23(27)28)10-21(30-20)24(33)18(13-29)14-31(4)5;1-5-30-21(28)18-10-15-11-19(31-13-20(24)25)16(12-17(15)26-18)14-6-8-27(9-7-14)22(29)32-23(2,3)4;2*1-2/h10-12,14,16,23,30H,6-9,15H2,1-5H3;6,10-12,20,26H,5,7-9,13H2,1-4H3;1-2H3;1H3/b18-14+;;;. The number of ether oxygens (including phenoxy) is 5. The van der Waals surface area contributed by atoms with Crippen molar-refractivity contribution in [1.82, 2.24) is 24.7 Å². The van der Waals surface area contributed by atoms with E-state index in [1.807, 2.05) is 57.8 Å². The van der Waals surface area contributed by atoms with Crippen LogP contribution < -0.4 is 9.47 Å². The number of allylic oxidation sites excluding steroid dienone is 1. The Balaban J connectivity index is 0.000000358. The minimum absolute atomic E-state index is 0.0320. The predicted molar refractivity (Wildman–Crippen MR) is 279 cm³/mol. The maximum atomic E-state index is 13.0. The molecule has 72 heavy (non-hydrogen) atoms. The number of nitrogens with zero attached hydrogens (tertiary/aromatic N) is 4. The number of benzene rings is 2. The number of nitrogens with one attached hydrogen (secondary N) is 2. The number of Topliss-reactive ketones (excluding diaryl/α,β-unsaturated/α-hetero) is 1. The van der Waals surface area contributed by atoms with Crippen molar-refractivity contribution < 1.29 is 60.4 Å². The van der Waals surface area contributed by atoms with Crippen LogP contribution in [0.4, 0.5) is 27.2 Å². The molecule has 2 aromatic heterocycles. The van der Waals surface area contributed by atoms with E-state index >= 15 is 0 Å². The van der Waals surface area contributed by atoms with Crippen LogP contribution in [0, 0.1) is 11.3 Å². The summed E-state index contributed by atoms with van der Waals surface area (Å²) < 4.78 is 78.3. The molecular formula is C52H69F4IN6O9. The topological polar surface area (TPSA) is 180 Å². The molecule has 2 amide bonds. The molecule has 2 N–H and O–H groups in total. The molecule has 396 valence electrons. The highest BCUT2D eigenvalue weighted by molar-refractivity contribution is 14.1. The third-order valence-electron chi connectivity index (χ3n) is 10.5. The number of hydrogen-bond donors (Lipinski definition) is 2. The van der Waals surface area contributed by atoms with Gasteiger partial charge in [-0.05, 0) is 126 Å². The van der Waals surface area contributed by atoms with Crippen molar-refractivity contribution in [3.63, 3.8) is 0 Å². The number of nitriles is 1. The summed E-state index contributed by atoms with van der Waals surface area (Å²) >= 11 is 2.15. The van der Waals surface area contributed by atoms with E-state index in [1.165, 1.54) is 6.20 Å². The quantitative estimate of drug-likeness (QED) is 0.0190. The zero-order chi connectivity index (χ0) is 54.1. The Labute approximate surface area is 433 Å². The van der Waals surface area contributed by atoms with Crippen molar-refractivity contribution in [1.29, 1.82) is 5.26 Å². The van der Waals surface area contributed by atoms with Crippen LogP contribution in [0.25, 0.3) is 27.4 Å². The van der Waals surface area contributed by atoms with Gasteiger partial charge in [0.1, 0.15) is 53.3 Å². The van der Waals surface area contributed by atoms with Crippen molar-refractivity contribution in [2.24, 2.45) is 0 Å². The Morgan fingerprint density at radius 2 is 1.31 bits per heavy atom. The van der Waals surface area contributed by atoms with E-state index < -0.39 is 55.1 Å². The average molecular weight is 1130 g/mol. The van der Waals surface area contributed by atoms with Crippen LogP contribution in [-0.2, 0) is 14.2 Å². The van der Waals surface area contributed by atoms with Crippen LogP contribution >= 0.6 is 22.6 Å². The molecule has 2 aromatic carbocycles. The average Bonchev–Trinajstić information content (AvgIpc) is 3.95. The summed E-state index contributed by atoms with van der Waals surface area (Å²) in [7, 11) is 3.42. The molecule has 15 nitrogen and oxygen atoms in total. The Morgan fingerprint density at radius 1 is 0.792 bits per heavy atom. The number of fused-ring (bicyclic) bond motifs is 2. The van der Waals surface area contributed by atoms with Gasteiger partial charge in [0.25, 0.3) is 12.9 Å². The Morgan fingerprint density at radius 3 is 1.81 bits per heavy atom. The number of likely N-dealkylation sites (tertiary alicyclic amines) is 1. The zero-order valence-corrected chi connectivity index (χ0v) is 45.4. The van der Waals surface area contributed by atoms with Gasteiger partial charge in [0.05, 0.1) is 12.3 Å². The molecule has 1 fully saturated rings. The van der Waals surface area contributed by atoms with Gasteiger partial charge in [0.2, 0.25) is 5.78 Å². The van der Waals surface area contributed by atoms with Gasteiger partial charge in [-0.3, -0.25) is 4.79 Å². The van der Waals surface area contributed by atoms with E-state index in [4.69, 9.17) is 23.7 Å². The van der Waals surface area contributed by atoms with Crippen molar-refractivity contribution in [2.75, 3.05) is 65.0 Å². The summed E-state index contributed by atoms with van der Waals surface area (Å²) in [5, 5.41) is 10.6. The lowest BCUT2D eigenvalue weighted by Gasteiger charge is -2.34. The van der Waals surface area contributed by atoms with Gasteiger partial charge in [-0.2, -0.15) is 5.26 Å². The fourth-order valence-electron chi connectivity index (χ4n) is 7.54. The third-order valence-corrected chi connectivity index (χ3v) is 10.5. The largest absolute Gasteiger partial charge is 0.487 e. The summed E-state index contributed by atoms with van der Waals surface area (Å²) in [5.74, 6) is -0.383. The number of esters is 1. The van der Waals surface area contributed by atoms with Crippen LogP contribution in [0.5, 0.6) is 11.5 Å². The molecular weight excluding hydrogens is 1060 g/mol. The monoisotopic (exact) mass is 1120 g/mol. The molecule has 0 saturated carbocycles. The van der Waals surface area contributed by atoms with Crippen molar-refractivity contribution in [2.45, 2.75) is 112 Å². The van der Waals surface area contributed by atoms with E-state index in [2.05, 4.69) is 32.6 Å². The van der Waals surface area contributed by atoms with Gasteiger partial charge < -0.3 is 48.4 Å². The highest BCUT2D eigenvalue weighted by Gasteiger charge is 2.30. The maximum Gasteiger partial charge on any atom is 0.410 e. The lowest BCUT2D eigenvalue weighted by atomic mass is 9.88. The van der Waals surface area contributed by atoms with Gasteiger partial charge in [-0.15, -0.1) is 0 Å². The van der Waals surface area contributed by atoms with Gasteiger partial charge in [-0.25, -0.2) is 31.9 Å². The van der Waals surface area contributed by atoms with Gasteiger partial charge in [-0.1, -0.05) is 42.5 Å². The SMILES string of the molecule is CC.CCOC(=O)c1cc2cc(OCC(F)F)c(C3=CCN(C(=O)OC(C)(C)C)CC3)cc2[nH]1.CI.CN(C)/C=C(\C#N)C(=O)c1cc2cc(OCC(F)F)c(C3CCN(C(=O)OC(C)(C)C)CC3)cc2[nH]1. The predicted octanol–water partition coefficient (Wildman–Crippen LogP) is 12.2. The van der Waals surface area contributed by atoms with E-state index in [0.29, 0.717) is 84.3 Å². The van der Waals surface area contributed by atoms with Crippen LogP contribution in [0.1, 0.15) is 120 Å². The van der Waals surface area contributed by atoms with E-state index in [-0.39, 0.29) is 35.6 Å². The maximum absolute atomic E-state index is 13.0. The molecule has 1 saturated heterocycles. The molecule has 0 radical (unpaired) electrons. The first-order valence-electron chi connectivity index (χ1n) is 23.6. The number of alkyl halides is 5. The first kappa shape index (κ1) is 60.3. The van der Waals surface area contributed by atoms with Gasteiger partial charge in [0, 0.05) is 73.8 Å². The van der Waals surface area contributed by atoms with Crippen LogP contribution in [0.3, 0.4) is 0 Å². The molecule has 0 atom stereocenters. The second-order valence-corrected chi connectivity index (χ2v) is 18.5. The zero-order valence-electron chi connectivity index (χ0n) is 43.3. The highest BCUT2D eigenvalue weighted by Crippen LogP contribution is 2.39. The Kier molecular flexibility index (Phi) is 23.2. The van der Waals surface area contributed by atoms with Crippen molar-refractivity contribution in [3.8, 4) is 17.6 Å². The first-order valence-corrected chi connectivity index (χ1v) is 25.8. The lowest BCUT2D eigenvalue weighted by molar-refractivity contribution is 0.0201. The number of amides is 2. The molecule has 0 unspecified atom stereocenters. The number of halogens is 5. The number of aromatic nitrogens is 2. The minimum Gasteiger partial charge on any atom is -0.487 e. The van der Waals surface area contributed by atoms with Crippen molar-refractivity contribution in [3.05, 3.63) is 76.8 Å². The Bertz CT molecular complexity index is 2560. The van der Waals surface area contributed by atoms with Crippen LogP contribution in [-0.4, -0.2) is 138 Å². The molecule has 4 heterocycles. The van der Waals surface area contributed by atoms with Gasteiger partial charge >= 0.3 is 18.2 Å². The third kappa shape index (κ3) is 17.9. The molecule has 6 rings (SSSR count). The van der Waals surface area contributed by atoms with Gasteiger partial charge in [0.15, 0.2) is 0 Å². The molecule has 0 bridgehead atoms. The normalized spacial score (nSPS) is 14.2. The number of hydrogen-bond acceptors (Lipinski definition) is 11. The Hall–Kier alpha value is -5.98. The summed E-state index contributed by atoms with van der Waals surface area (Å²) in [4.78, 5) is 62.5. The summed E-state index contributed by atoms with van der Waals surface area (Å²) in [5.41, 5.74) is 2.80. The highest BCUT2D eigenvalue weighted by atomic mass is 127. The first-order chi connectivity index (χ1) is 33.9. The molecule has 20 heteroatoms. The smallest absolute Gasteiger partial charge is 0.410 e. The molecule has 0 aliphatic carbocycles. The summed E-state index contributed by atoms with van der Waals surface area (Å²) in [6.45, 7) is 17.0. The molecule has 4 aromatic rings. The fraction of sp³-hybridized carbons (Fsp3) is 0.519. The van der Waals surface area contributed by atoms with Crippen molar-refractivity contribution >= 4 is 73.9 Å². The minimum atomic E-state index is -2.64. The van der Waals surface area contributed by atoms with Crippen LogP contribution in [0.15, 0.2) is 54.2 Å². The number of aromatic amines is 2. The number of H-pyrrole nitrogens is 2. The fourth-order valence-corrected chi connectivity index (χ4v) is 7.54. The number of piperidine rings is 1. The summed E-state index contributed by atoms with van der Waals surface area (Å²) in [6, 6.07) is 12.0.